The van der Waals surface area contributed by atoms with E-state index in [4.69, 9.17) is 10.5 Å². The Morgan fingerprint density at radius 1 is 1.04 bits per heavy atom. The maximum absolute atomic E-state index is 12.5. The third-order valence-corrected chi connectivity index (χ3v) is 4.04. The molecular weight excluding hydrogens is 316 g/mol. The molecule has 0 bridgehead atoms. The lowest BCUT2D eigenvalue weighted by molar-refractivity contribution is -0.135. The van der Waals surface area contributed by atoms with E-state index in [2.05, 4.69) is 5.32 Å². The third-order valence-electron chi connectivity index (χ3n) is 4.04. The van der Waals surface area contributed by atoms with Crippen LogP contribution in [0.4, 0.5) is 0 Å². The zero-order chi connectivity index (χ0) is 18.1. The Morgan fingerprint density at radius 3 is 2.20 bits per heavy atom. The molecule has 0 spiro atoms. The van der Waals surface area contributed by atoms with E-state index in [0.717, 1.165) is 18.4 Å². The summed E-state index contributed by atoms with van der Waals surface area (Å²) in [4.78, 5) is 24.2. The Balaban J connectivity index is 1.93. The van der Waals surface area contributed by atoms with Crippen LogP contribution >= 0.6 is 0 Å². The largest absolute Gasteiger partial charge is 0.368 e. The van der Waals surface area contributed by atoms with Crippen molar-refractivity contribution in [2.45, 2.75) is 31.4 Å². The molecule has 2 amide bonds. The predicted molar refractivity (Wildman–Crippen MR) is 96.7 cm³/mol. The fourth-order valence-electron chi connectivity index (χ4n) is 2.71. The van der Waals surface area contributed by atoms with Crippen molar-refractivity contribution in [3.8, 4) is 0 Å². The van der Waals surface area contributed by atoms with Gasteiger partial charge in [0.1, 0.15) is 6.04 Å². The topological polar surface area (TPSA) is 81.4 Å². The number of carbonyl (C=O) groups is 2. The average molecular weight is 340 g/mol. The van der Waals surface area contributed by atoms with Gasteiger partial charge in [0.2, 0.25) is 5.91 Å². The Hall–Kier alpha value is -2.66. The molecule has 3 N–H and O–H groups in total. The first-order valence-corrected chi connectivity index (χ1v) is 8.33. The molecule has 25 heavy (non-hydrogen) atoms. The van der Waals surface area contributed by atoms with E-state index in [1.54, 1.807) is 0 Å². The third kappa shape index (κ3) is 5.72. The van der Waals surface area contributed by atoms with Gasteiger partial charge in [-0.25, -0.2) is 0 Å². The summed E-state index contributed by atoms with van der Waals surface area (Å²) < 4.78 is 5.29. The Labute approximate surface area is 148 Å². The highest BCUT2D eigenvalue weighted by atomic mass is 16.5. The number of ether oxygens (including phenoxy) is 1. The molecule has 0 radical (unpaired) electrons. The van der Waals surface area contributed by atoms with Crippen LogP contribution in [0.1, 0.15) is 30.1 Å². The zero-order valence-corrected chi connectivity index (χ0v) is 14.4. The predicted octanol–water partition coefficient (Wildman–Crippen LogP) is 2.37. The van der Waals surface area contributed by atoms with E-state index in [1.807, 2.05) is 60.7 Å². The van der Waals surface area contributed by atoms with E-state index >= 15 is 0 Å². The highest BCUT2D eigenvalue weighted by molar-refractivity contribution is 5.89. The molecule has 0 aliphatic rings. The lowest BCUT2D eigenvalue weighted by Gasteiger charge is -2.20. The van der Waals surface area contributed by atoms with Crippen LogP contribution in [0.2, 0.25) is 0 Å². The summed E-state index contributed by atoms with van der Waals surface area (Å²) in [5.74, 6) is -0.901. The summed E-state index contributed by atoms with van der Waals surface area (Å²) in [6.45, 7) is 0. The maximum atomic E-state index is 12.5. The van der Waals surface area contributed by atoms with Crippen LogP contribution in [-0.4, -0.2) is 25.0 Å². The molecule has 0 aromatic heterocycles. The van der Waals surface area contributed by atoms with Crippen molar-refractivity contribution in [1.82, 2.24) is 5.32 Å². The van der Waals surface area contributed by atoms with Crippen LogP contribution in [0, 0.1) is 0 Å². The summed E-state index contributed by atoms with van der Waals surface area (Å²) in [6, 6.07) is 18.4. The summed E-state index contributed by atoms with van der Waals surface area (Å²) in [5, 5.41) is 2.71. The number of carbonyl (C=O) groups excluding carboxylic acids is 2. The standard InChI is InChI=1S/C20H24N2O3/c1-25-18(16-12-6-3-7-13-16)20(24)22-17(19(21)23)14-8-11-15-9-4-2-5-10-15/h2-7,9-10,12-13,17-18H,8,11,14H2,1H3,(H2,21,23)(H,22,24)/t17-,18+/m0/s1. The molecule has 2 aromatic carbocycles. The minimum absolute atomic E-state index is 0.364. The van der Waals surface area contributed by atoms with Crippen molar-refractivity contribution in [2.24, 2.45) is 5.73 Å². The summed E-state index contributed by atoms with van der Waals surface area (Å²) in [5.41, 5.74) is 7.37. The molecule has 132 valence electrons. The molecule has 0 saturated heterocycles. The van der Waals surface area contributed by atoms with Crippen molar-refractivity contribution in [1.29, 1.82) is 0 Å². The molecule has 2 atom stereocenters. The fraction of sp³-hybridized carbons (Fsp3) is 0.300. The van der Waals surface area contributed by atoms with Crippen molar-refractivity contribution >= 4 is 11.8 Å². The second-order valence-electron chi connectivity index (χ2n) is 5.87. The monoisotopic (exact) mass is 340 g/mol. The smallest absolute Gasteiger partial charge is 0.254 e. The van der Waals surface area contributed by atoms with Gasteiger partial charge < -0.3 is 15.8 Å². The van der Waals surface area contributed by atoms with Crippen LogP contribution in [0.3, 0.4) is 0 Å². The molecule has 0 aliphatic heterocycles. The number of nitrogens with one attached hydrogen (secondary N) is 1. The number of methoxy groups -OCH3 is 1. The first kappa shape index (κ1) is 18.7. The average Bonchev–Trinajstić information content (AvgIpc) is 2.63. The van der Waals surface area contributed by atoms with Gasteiger partial charge in [-0.05, 0) is 30.4 Å². The second kappa shape index (κ2) is 9.59. The summed E-state index contributed by atoms with van der Waals surface area (Å²) in [7, 11) is 1.46. The number of nitrogens with two attached hydrogens (primary N) is 1. The minimum atomic E-state index is -0.767. The SMILES string of the molecule is CO[C@@H](C(=O)N[C@@H](CCCc1ccccc1)C(N)=O)c1ccccc1. The summed E-state index contributed by atoms with van der Waals surface area (Å²) >= 11 is 0. The molecule has 0 saturated carbocycles. The van der Waals surface area contributed by atoms with E-state index in [1.165, 1.54) is 12.7 Å². The molecule has 0 unspecified atom stereocenters. The normalized spacial score (nSPS) is 13.0. The Morgan fingerprint density at radius 2 is 1.64 bits per heavy atom. The van der Waals surface area contributed by atoms with Gasteiger partial charge in [-0.3, -0.25) is 9.59 Å². The van der Waals surface area contributed by atoms with Crippen LogP contribution in [0.15, 0.2) is 60.7 Å². The highest BCUT2D eigenvalue weighted by Gasteiger charge is 2.25. The van der Waals surface area contributed by atoms with Crippen LogP contribution in [0.5, 0.6) is 0 Å². The lowest BCUT2D eigenvalue weighted by Crippen LogP contribution is -2.46. The maximum Gasteiger partial charge on any atom is 0.254 e. The molecule has 2 aromatic rings. The molecule has 5 nitrogen and oxygen atoms in total. The quantitative estimate of drug-likeness (QED) is 0.735. The first-order valence-electron chi connectivity index (χ1n) is 8.33. The minimum Gasteiger partial charge on any atom is -0.368 e. The number of hydrogen-bond donors (Lipinski definition) is 2. The van der Waals surface area contributed by atoms with E-state index < -0.39 is 18.1 Å². The van der Waals surface area contributed by atoms with E-state index in [0.29, 0.717) is 6.42 Å². The van der Waals surface area contributed by atoms with Gasteiger partial charge in [0.25, 0.3) is 5.91 Å². The molecule has 2 rings (SSSR count). The second-order valence-corrected chi connectivity index (χ2v) is 5.87. The first-order chi connectivity index (χ1) is 12.1. The van der Waals surface area contributed by atoms with Crippen molar-refractivity contribution in [3.63, 3.8) is 0 Å². The van der Waals surface area contributed by atoms with Crippen LogP contribution in [-0.2, 0) is 20.7 Å². The number of rotatable bonds is 9. The molecule has 0 fully saturated rings. The number of hydrogen-bond acceptors (Lipinski definition) is 3. The molecule has 0 heterocycles. The number of amides is 2. The number of benzene rings is 2. The highest BCUT2D eigenvalue weighted by Crippen LogP contribution is 2.17. The van der Waals surface area contributed by atoms with E-state index in [9.17, 15) is 9.59 Å². The Bertz CT molecular complexity index is 674. The van der Waals surface area contributed by atoms with Gasteiger partial charge in [-0.1, -0.05) is 60.7 Å². The number of primary amides is 1. The van der Waals surface area contributed by atoms with Crippen molar-refractivity contribution in [2.75, 3.05) is 7.11 Å². The van der Waals surface area contributed by atoms with Gasteiger partial charge >= 0.3 is 0 Å². The van der Waals surface area contributed by atoms with Gasteiger partial charge in [0, 0.05) is 7.11 Å². The molecular formula is C20H24N2O3. The van der Waals surface area contributed by atoms with Gasteiger partial charge in [0.05, 0.1) is 0 Å². The number of aryl methyl sites for hydroxylation is 1. The summed E-state index contributed by atoms with van der Waals surface area (Å²) in [6.07, 6.45) is 1.30. The van der Waals surface area contributed by atoms with Gasteiger partial charge in [0.15, 0.2) is 6.10 Å². The lowest BCUT2D eigenvalue weighted by atomic mass is 10.0. The van der Waals surface area contributed by atoms with E-state index in [-0.39, 0.29) is 5.91 Å². The van der Waals surface area contributed by atoms with Gasteiger partial charge in [-0.15, -0.1) is 0 Å². The molecule has 5 heteroatoms. The van der Waals surface area contributed by atoms with Crippen molar-refractivity contribution < 1.29 is 14.3 Å². The molecule has 0 aliphatic carbocycles. The Kier molecular flexibility index (Phi) is 7.16. The van der Waals surface area contributed by atoms with Gasteiger partial charge in [-0.2, -0.15) is 0 Å². The zero-order valence-electron chi connectivity index (χ0n) is 14.4. The van der Waals surface area contributed by atoms with Crippen LogP contribution < -0.4 is 11.1 Å². The van der Waals surface area contributed by atoms with Crippen molar-refractivity contribution in [3.05, 3.63) is 71.8 Å². The van der Waals surface area contributed by atoms with Crippen LogP contribution in [0.25, 0.3) is 0 Å². The fourth-order valence-corrected chi connectivity index (χ4v) is 2.71.